The van der Waals surface area contributed by atoms with Crippen LogP contribution in [0, 0.1) is 6.92 Å². The quantitative estimate of drug-likeness (QED) is 0.573. The first-order valence-electron chi connectivity index (χ1n) is 8.10. The summed E-state index contributed by atoms with van der Waals surface area (Å²) < 4.78 is 5.51. The van der Waals surface area contributed by atoms with Gasteiger partial charge in [0.2, 0.25) is 11.8 Å². The molecule has 0 aliphatic carbocycles. The molecule has 0 saturated heterocycles. The van der Waals surface area contributed by atoms with E-state index in [-0.39, 0.29) is 18.4 Å². The van der Waals surface area contributed by atoms with Crippen molar-refractivity contribution < 1.29 is 14.3 Å². The maximum Gasteiger partial charge on any atom is 0.244 e. The normalized spacial score (nSPS) is 10.4. The van der Waals surface area contributed by atoms with Crippen molar-refractivity contribution in [1.29, 1.82) is 0 Å². The number of ether oxygens (including phenoxy) is 1. The number of rotatable bonds is 8. The Labute approximate surface area is 147 Å². The zero-order valence-corrected chi connectivity index (χ0v) is 14.2. The van der Waals surface area contributed by atoms with Crippen molar-refractivity contribution >= 4 is 17.9 Å². The Morgan fingerprint density at radius 3 is 2.44 bits per heavy atom. The molecular formula is C20H22N2O3. The molecule has 0 fully saturated rings. The van der Waals surface area contributed by atoms with Gasteiger partial charge in [-0.3, -0.25) is 9.59 Å². The first-order valence-corrected chi connectivity index (χ1v) is 8.10. The van der Waals surface area contributed by atoms with Gasteiger partial charge in [0.1, 0.15) is 12.4 Å². The van der Waals surface area contributed by atoms with Crippen LogP contribution in [0.1, 0.15) is 11.1 Å². The molecule has 0 radical (unpaired) electrons. The highest BCUT2D eigenvalue weighted by molar-refractivity contribution is 5.94. The Kier molecular flexibility index (Phi) is 7.25. The highest BCUT2D eigenvalue weighted by atomic mass is 16.5. The average molecular weight is 338 g/mol. The van der Waals surface area contributed by atoms with E-state index in [9.17, 15) is 9.59 Å². The van der Waals surface area contributed by atoms with Crippen molar-refractivity contribution in [3.8, 4) is 5.75 Å². The molecule has 2 amide bonds. The Balaban J connectivity index is 1.59. The summed E-state index contributed by atoms with van der Waals surface area (Å²) in [6.07, 6.45) is 3.10. The summed E-state index contributed by atoms with van der Waals surface area (Å²) in [5.41, 5.74) is 2.09. The summed E-state index contributed by atoms with van der Waals surface area (Å²) in [6.45, 7) is 2.69. The molecule has 2 aromatic carbocycles. The van der Waals surface area contributed by atoms with E-state index in [4.69, 9.17) is 4.74 Å². The third-order valence-corrected chi connectivity index (χ3v) is 3.36. The molecule has 0 spiro atoms. The van der Waals surface area contributed by atoms with Crippen molar-refractivity contribution in [2.45, 2.75) is 6.92 Å². The van der Waals surface area contributed by atoms with Gasteiger partial charge < -0.3 is 15.4 Å². The maximum atomic E-state index is 11.7. The van der Waals surface area contributed by atoms with Crippen LogP contribution in [0.2, 0.25) is 0 Å². The van der Waals surface area contributed by atoms with Crippen LogP contribution in [0.15, 0.2) is 60.7 Å². The molecule has 2 N–H and O–H groups in total. The topological polar surface area (TPSA) is 67.4 Å². The number of nitrogens with one attached hydrogen (secondary N) is 2. The summed E-state index contributed by atoms with van der Waals surface area (Å²) in [6, 6.07) is 17.2. The lowest BCUT2D eigenvalue weighted by molar-refractivity contribution is -0.124. The molecule has 130 valence electrons. The monoisotopic (exact) mass is 338 g/mol. The predicted molar refractivity (Wildman–Crippen MR) is 98.2 cm³/mol. The lowest BCUT2D eigenvalue weighted by Crippen LogP contribution is -2.37. The smallest absolute Gasteiger partial charge is 0.244 e. The van der Waals surface area contributed by atoms with E-state index in [0.29, 0.717) is 13.2 Å². The highest BCUT2D eigenvalue weighted by Gasteiger charge is 2.02. The van der Waals surface area contributed by atoms with Crippen LogP contribution in [0.5, 0.6) is 5.75 Å². The van der Waals surface area contributed by atoms with Gasteiger partial charge in [0.15, 0.2) is 0 Å². The summed E-state index contributed by atoms with van der Waals surface area (Å²) in [4.78, 5) is 23.3. The maximum absolute atomic E-state index is 11.7. The van der Waals surface area contributed by atoms with Gasteiger partial charge in [0, 0.05) is 6.08 Å². The van der Waals surface area contributed by atoms with E-state index >= 15 is 0 Å². The van der Waals surface area contributed by atoms with Gasteiger partial charge in [-0.05, 0) is 30.7 Å². The summed E-state index contributed by atoms with van der Waals surface area (Å²) in [5.74, 6) is 0.197. The van der Waals surface area contributed by atoms with Gasteiger partial charge in [-0.1, -0.05) is 48.0 Å². The standard InChI is InChI=1S/C20H22N2O3/c1-16-7-10-18(11-8-16)25-14-13-21-20(24)15-22-19(23)12-9-17-5-3-2-4-6-17/h2-12H,13-15H2,1H3,(H,21,24)(H,22,23)/b12-9+. The second-order valence-electron chi connectivity index (χ2n) is 5.47. The van der Waals surface area contributed by atoms with Crippen LogP contribution >= 0.6 is 0 Å². The predicted octanol–water partition coefficient (Wildman–Crippen LogP) is 2.32. The first kappa shape index (κ1) is 18.3. The Hall–Kier alpha value is -3.08. The number of amides is 2. The van der Waals surface area contributed by atoms with Gasteiger partial charge in [-0.2, -0.15) is 0 Å². The Bertz CT molecular complexity index is 709. The van der Waals surface area contributed by atoms with Crippen LogP contribution in [0.3, 0.4) is 0 Å². The van der Waals surface area contributed by atoms with Gasteiger partial charge in [-0.25, -0.2) is 0 Å². The fourth-order valence-corrected chi connectivity index (χ4v) is 2.02. The average Bonchev–Trinajstić information content (AvgIpc) is 2.64. The minimum absolute atomic E-state index is 0.0670. The molecule has 0 unspecified atom stereocenters. The van der Waals surface area contributed by atoms with E-state index in [1.54, 1.807) is 6.08 Å². The zero-order chi connectivity index (χ0) is 17.9. The molecule has 0 atom stereocenters. The second kappa shape index (κ2) is 9.93. The molecule has 0 aliphatic heterocycles. The molecular weight excluding hydrogens is 316 g/mol. The lowest BCUT2D eigenvalue weighted by Gasteiger charge is -2.08. The van der Waals surface area contributed by atoms with Crippen molar-refractivity contribution in [1.82, 2.24) is 10.6 Å². The Morgan fingerprint density at radius 1 is 1.00 bits per heavy atom. The molecule has 5 heteroatoms. The largest absolute Gasteiger partial charge is 0.492 e. The third kappa shape index (κ3) is 7.35. The van der Waals surface area contributed by atoms with Gasteiger partial charge in [0.05, 0.1) is 13.1 Å². The molecule has 0 heterocycles. The van der Waals surface area contributed by atoms with Crippen molar-refractivity contribution in [2.75, 3.05) is 19.7 Å². The first-order chi connectivity index (χ1) is 12.1. The van der Waals surface area contributed by atoms with Crippen LogP contribution in [0.4, 0.5) is 0 Å². The molecule has 2 rings (SSSR count). The summed E-state index contributed by atoms with van der Waals surface area (Å²) in [7, 11) is 0. The number of hydrogen-bond acceptors (Lipinski definition) is 3. The highest BCUT2D eigenvalue weighted by Crippen LogP contribution is 2.10. The zero-order valence-electron chi connectivity index (χ0n) is 14.2. The summed E-state index contributed by atoms with van der Waals surface area (Å²) >= 11 is 0. The second-order valence-corrected chi connectivity index (χ2v) is 5.47. The molecule has 0 aliphatic rings. The lowest BCUT2D eigenvalue weighted by atomic mass is 10.2. The van der Waals surface area contributed by atoms with Gasteiger partial charge >= 0.3 is 0 Å². The van der Waals surface area contributed by atoms with Crippen LogP contribution in [-0.4, -0.2) is 31.5 Å². The number of aryl methyl sites for hydroxylation is 1. The molecule has 0 saturated carbocycles. The molecule has 2 aromatic rings. The fourth-order valence-electron chi connectivity index (χ4n) is 2.02. The van der Waals surface area contributed by atoms with E-state index in [1.165, 1.54) is 6.08 Å². The van der Waals surface area contributed by atoms with Crippen LogP contribution in [-0.2, 0) is 9.59 Å². The van der Waals surface area contributed by atoms with E-state index in [0.717, 1.165) is 16.9 Å². The van der Waals surface area contributed by atoms with E-state index < -0.39 is 0 Å². The van der Waals surface area contributed by atoms with Crippen LogP contribution < -0.4 is 15.4 Å². The number of carbonyl (C=O) groups is 2. The van der Waals surface area contributed by atoms with Crippen molar-refractivity contribution in [2.24, 2.45) is 0 Å². The molecule has 0 bridgehead atoms. The molecule has 25 heavy (non-hydrogen) atoms. The number of hydrogen-bond donors (Lipinski definition) is 2. The van der Waals surface area contributed by atoms with Crippen molar-refractivity contribution in [3.63, 3.8) is 0 Å². The van der Waals surface area contributed by atoms with E-state index in [1.807, 2.05) is 61.5 Å². The SMILES string of the molecule is Cc1ccc(OCCNC(=O)CNC(=O)/C=C/c2ccccc2)cc1. The van der Waals surface area contributed by atoms with Gasteiger partial charge in [0.25, 0.3) is 0 Å². The van der Waals surface area contributed by atoms with Crippen LogP contribution in [0.25, 0.3) is 6.08 Å². The molecule has 0 aromatic heterocycles. The number of benzene rings is 2. The van der Waals surface area contributed by atoms with E-state index in [2.05, 4.69) is 10.6 Å². The van der Waals surface area contributed by atoms with Gasteiger partial charge in [-0.15, -0.1) is 0 Å². The minimum atomic E-state index is -0.310. The fraction of sp³-hybridized carbons (Fsp3) is 0.200. The minimum Gasteiger partial charge on any atom is -0.492 e. The summed E-state index contributed by atoms with van der Waals surface area (Å²) in [5, 5.41) is 5.23. The van der Waals surface area contributed by atoms with Crippen molar-refractivity contribution in [3.05, 3.63) is 71.8 Å². The Morgan fingerprint density at radius 2 is 1.72 bits per heavy atom. The number of carbonyl (C=O) groups excluding carboxylic acids is 2. The molecule has 5 nitrogen and oxygen atoms in total. The third-order valence-electron chi connectivity index (χ3n) is 3.36.